The van der Waals surface area contributed by atoms with Crippen molar-refractivity contribution in [2.24, 2.45) is 5.41 Å². The Kier molecular flexibility index (Phi) is 6.82. The number of halogens is 1. The molecule has 1 aromatic carbocycles. The lowest BCUT2D eigenvalue weighted by Gasteiger charge is -2.32. The number of benzene rings is 1. The van der Waals surface area contributed by atoms with E-state index in [9.17, 15) is 9.59 Å². The Labute approximate surface area is 177 Å². The first-order valence-electron chi connectivity index (χ1n) is 9.46. The van der Waals surface area contributed by atoms with E-state index in [4.69, 9.17) is 25.9 Å². The first kappa shape index (κ1) is 23.4. The van der Waals surface area contributed by atoms with Gasteiger partial charge in [0.2, 0.25) is 0 Å². The molecule has 0 unspecified atom stereocenters. The Balaban J connectivity index is 2.70. The van der Waals surface area contributed by atoms with Crippen molar-refractivity contribution in [2.75, 3.05) is 19.8 Å². The molecule has 29 heavy (non-hydrogen) atoms. The van der Waals surface area contributed by atoms with Gasteiger partial charge in [-0.2, -0.15) is 0 Å². The number of esters is 1. The molecule has 7 heteroatoms. The number of alkyl halides is 1. The molecular weight excluding hydrogens is 394 g/mol. The number of carbonyl (C=O) groups is 2. The summed E-state index contributed by atoms with van der Waals surface area (Å²) in [7, 11) is 1.47. The van der Waals surface area contributed by atoms with E-state index in [-0.39, 0.29) is 24.3 Å². The Bertz CT molecular complexity index is 834. The molecule has 0 radical (unpaired) electrons. The van der Waals surface area contributed by atoms with E-state index >= 15 is 0 Å². The fraction of sp³-hybridized carbons (Fsp3) is 0.545. The van der Waals surface area contributed by atoms with Gasteiger partial charge >= 0.3 is 5.97 Å². The van der Waals surface area contributed by atoms with Gasteiger partial charge in [-0.1, -0.05) is 17.7 Å². The van der Waals surface area contributed by atoms with Crippen LogP contribution in [0.1, 0.15) is 49.9 Å². The van der Waals surface area contributed by atoms with Gasteiger partial charge in [-0.25, -0.2) is 9.90 Å². The maximum atomic E-state index is 13.4. The zero-order valence-corrected chi connectivity index (χ0v) is 19.2. The third kappa shape index (κ3) is 4.34. The molecule has 1 amide bonds. The molecular formula is C22H30ClNO5. The van der Waals surface area contributed by atoms with Crippen LogP contribution in [-0.4, -0.2) is 42.3 Å². The van der Waals surface area contributed by atoms with Crippen LogP contribution in [-0.2, 0) is 23.9 Å². The molecule has 0 aliphatic carbocycles. The predicted octanol–water partition coefficient (Wildman–Crippen LogP) is 4.29. The lowest BCUT2D eigenvalue weighted by Crippen LogP contribution is -2.45. The molecule has 0 saturated carbocycles. The molecule has 1 aliphatic rings. The summed E-state index contributed by atoms with van der Waals surface area (Å²) in [5.41, 5.74) is 2.05. The number of methoxy groups -OCH3 is 1. The van der Waals surface area contributed by atoms with Gasteiger partial charge in [0.1, 0.15) is 11.3 Å². The normalized spacial score (nSPS) is 16.6. The zero-order chi connectivity index (χ0) is 22.1. The van der Waals surface area contributed by atoms with Crippen molar-refractivity contribution in [1.29, 1.82) is 0 Å². The van der Waals surface area contributed by atoms with Crippen molar-refractivity contribution in [1.82, 2.24) is 5.06 Å². The summed E-state index contributed by atoms with van der Waals surface area (Å²) < 4.78 is 10.8. The van der Waals surface area contributed by atoms with E-state index in [1.54, 1.807) is 27.7 Å². The van der Waals surface area contributed by atoms with Crippen LogP contribution in [0.3, 0.4) is 0 Å². The molecule has 0 fully saturated rings. The fourth-order valence-corrected chi connectivity index (χ4v) is 3.54. The van der Waals surface area contributed by atoms with Crippen LogP contribution >= 0.6 is 11.6 Å². The second kappa shape index (κ2) is 8.46. The SMILES string of the molecule is COCON1C(=O)C(c2c(C)cc(C)cc2C)=C(OC(=O)C(C)(C)CCl)C1(C)C. The van der Waals surface area contributed by atoms with Gasteiger partial charge < -0.3 is 9.47 Å². The molecule has 1 aliphatic heterocycles. The topological polar surface area (TPSA) is 65.1 Å². The zero-order valence-electron chi connectivity index (χ0n) is 18.4. The van der Waals surface area contributed by atoms with Crippen molar-refractivity contribution in [3.63, 3.8) is 0 Å². The van der Waals surface area contributed by atoms with E-state index in [0.717, 1.165) is 22.3 Å². The fourth-order valence-electron chi connectivity index (χ4n) is 3.43. The van der Waals surface area contributed by atoms with Gasteiger partial charge in [0, 0.05) is 13.0 Å². The Morgan fingerprint density at radius 1 is 1.17 bits per heavy atom. The van der Waals surface area contributed by atoms with Crippen LogP contribution in [0.25, 0.3) is 5.57 Å². The van der Waals surface area contributed by atoms with Crippen molar-refractivity contribution < 1.29 is 23.9 Å². The number of ether oxygens (including phenoxy) is 2. The number of carbonyl (C=O) groups excluding carboxylic acids is 2. The van der Waals surface area contributed by atoms with E-state index < -0.39 is 16.9 Å². The summed E-state index contributed by atoms with van der Waals surface area (Å²) in [5.74, 6) is -0.544. The van der Waals surface area contributed by atoms with Gasteiger partial charge in [0.25, 0.3) is 5.91 Å². The second-order valence-corrected chi connectivity index (χ2v) is 8.85. The molecule has 1 heterocycles. The minimum Gasteiger partial charge on any atom is -0.427 e. The Morgan fingerprint density at radius 2 is 1.72 bits per heavy atom. The number of nitrogens with zero attached hydrogens (tertiary/aromatic N) is 1. The first-order valence-corrected chi connectivity index (χ1v) is 9.99. The molecule has 1 aromatic rings. The van der Waals surface area contributed by atoms with E-state index in [1.807, 2.05) is 32.9 Å². The molecule has 0 atom stereocenters. The highest BCUT2D eigenvalue weighted by Gasteiger charge is 2.51. The third-order valence-corrected chi connectivity index (χ3v) is 5.67. The van der Waals surface area contributed by atoms with Crippen LogP contribution in [0.5, 0.6) is 0 Å². The molecule has 0 saturated heterocycles. The minimum absolute atomic E-state index is 0.0926. The number of amides is 1. The van der Waals surface area contributed by atoms with Crippen molar-refractivity contribution >= 4 is 29.1 Å². The highest BCUT2D eigenvalue weighted by molar-refractivity contribution is 6.24. The predicted molar refractivity (Wildman–Crippen MR) is 112 cm³/mol. The minimum atomic E-state index is -1.02. The molecule has 0 spiro atoms. The highest BCUT2D eigenvalue weighted by Crippen LogP contribution is 2.43. The Hall–Kier alpha value is -1.89. The van der Waals surface area contributed by atoms with Crippen molar-refractivity contribution in [3.05, 3.63) is 40.1 Å². The monoisotopic (exact) mass is 423 g/mol. The average molecular weight is 424 g/mol. The van der Waals surface area contributed by atoms with Crippen LogP contribution in [0.4, 0.5) is 0 Å². The number of hydrogen-bond donors (Lipinski definition) is 0. The van der Waals surface area contributed by atoms with Gasteiger partial charge in [0.15, 0.2) is 6.79 Å². The summed E-state index contributed by atoms with van der Waals surface area (Å²) in [6, 6.07) is 3.99. The first-order chi connectivity index (χ1) is 13.4. The van der Waals surface area contributed by atoms with Gasteiger partial charge in [-0.3, -0.25) is 9.59 Å². The standard InChI is InChI=1S/C22H30ClNO5/c1-13-9-14(2)16(15(3)10-13)17-18(29-20(26)21(4,5)11-23)22(6,7)24(19(17)25)28-12-27-8/h9-10H,11-12H2,1-8H3. The number of rotatable bonds is 7. The van der Waals surface area contributed by atoms with Crippen LogP contribution < -0.4 is 0 Å². The van der Waals surface area contributed by atoms with Crippen molar-refractivity contribution in [3.8, 4) is 0 Å². The van der Waals surface area contributed by atoms with Crippen molar-refractivity contribution in [2.45, 2.75) is 54.0 Å². The summed E-state index contributed by atoms with van der Waals surface area (Å²) in [5, 5.41) is 1.21. The maximum Gasteiger partial charge on any atom is 0.317 e. The summed E-state index contributed by atoms with van der Waals surface area (Å²) >= 11 is 5.96. The number of hydroxylamine groups is 2. The summed E-state index contributed by atoms with van der Waals surface area (Å²) in [4.78, 5) is 31.8. The molecule has 0 bridgehead atoms. The number of hydrogen-bond acceptors (Lipinski definition) is 5. The molecule has 2 rings (SSSR count). The average Bonchev–Trinajstić information content (AvgIpc) is 2.79. The van der Waals surface area contributed by atoms with Crippen LogP contribution in [0, 0.1) is 26.2 Å². The maximum absolute atomic E-state index is 13.4. The largest absolute Gasteiger partial charge is 0.427 e. The lowest BCUT2D eigenvalue weighted by molar-refractivity contribution is -0.239. The summed E-state index contributed by atoms with van der Waals surface area (Å²) in [6.07, 6.45) is 0. The second-order valence-electron chi connectivity index (χ2n) is 8.58. The quantitative estimate of drug-likeness (QED) is 0.372. The van der Waals surface area contributed by atoms with Crippen LogP contribution in [0.2, 0.25) is 0 Å². The smallest absolute Gasteiger partial charge is 0.317 e. The Morgan fingerprint density at radius 3 is 2.21 bits per heavy atom. The molecule has 6 nitrogen and oxygen atoms in total. The van der Waals surface area contributed by atoms with Gasteiger partial charge in [-0.15, -0.1) is 11.6 Å². The third-order valence-electron chi connectivity index (χ3n) is 5.00. The van der Waals surface area contributed by atoms with Crippen LogP contribution in [0.15, 0.2) is 17.9 Å². The molecule has 0 N–H and O–H groups in total. The van der Waals surface area contributed by atoms with Gasteiger partial charge in [-0.05, 0) is 65.2 Å². The lowest BCUT2D eigenvalue weighted by atomic mass is 9.91. The molecule has 0 aromatic heterocycles. The van der Waals surface area contributed by atoms with E-state index in [0.29, 0.717) is 5.57 Å². The van der Waals surface area contributed by atoms with E-state index in [1.165, 1.54) is 12.2 Å². The number of aryl methyl sites for hydroxylation is 3. The highest BCUT2D eigenvalue weighted by atomic mass is 35.5. The molecule has 160 valence electrons. The van der Waals surface area contributed by atoms with E-state index in [2.05, 4.69) is 0 Å². The van der Waals surface area contributed by atoms with Gasteiger partial charge in [0.05, 0.1) is 11.0 Å². The summed E-state index contributed by atoms with van der Waals surface area (Å²) in [6.45, 7) is 12.7.